The number of likely N-dealkylation sites (tertiary alicyclic amines) is 1. The minimum Gasteiger partial charge on any atom is -0.444 e. The molecule has 1 aliphatic heterocycles. The third kappa shape index (κ3) is 3.37. The van der Waals surface area contributed by atoms with E-state index in [0.717, 1.165) is 19.5 Å². The van der Waals surface area contributed by atoms with E-state index in [9.17, 15) is 4.79 Å². The Morgan fingerprint density at radius 2 is 2.00 bits per heavy atom. The number of likely N-dealkylation sites (N-methyl/N-ethyl adjacent to an activating group) is 1. The fourth-order valence-electron chi connectivity index (χ4n) is 2.63. The molecule has 0 aromatic carbocycles. The van der Waals surface area contributed by atoms with E-state index in [1.165, 1.54) is 0 Å². The van der Waals surface area contributed by atoms with Gasteiger partial charge in [-0.3, -0.25) is 0 Å². The van der Waals surface area contributed by atoms with Crippen molar-refractivity contribution in [3.63, 3.8) is 0 Å². The highest BCUT2D eigenvalue weighted by atomic mass is 16.6. The molecule has 4 nitrogen and oxygen atoms in total. The van der Waals surface area contributed by atoms with Crippen LogP contribution in [-0.4, -0.2) is 54.7 Å². The molecule has 2 atom stereocenters. The molecule has 0 aromatic rings. The Bertz CT molecular complexity index is 309. The van der Waals surface area contributed by atoms with Crippen LogP contribution in [0.2, 0.25) is 0 Å². The first kappa shape index (κ1) is 15.3. The summed E-state index contributed by atoms with van der Waals surface area (Å²) in [4.78, 5) is 16.2. The lowest BCUT2D eigenvalue weighted by Crippen LogP contribution is -2.41. The lowest BCUT2D eigenvalue weighted by molar-refractivity contribution is 0.0273. The van der Waals surface area contributed by atoms with Gasteiger partial charge in [-0.15, -0.1) is 0 Å². The van der Waals surface area contributed by atoms with E-state index in [1.54, 1.807) is 0 Å². The first-order chi connectivity index (χ1) is 8.09. The average Bonchev–Trinajstić information content (AvgIpc) is 2.55. The third-order valence-electron chi connectivity index (χ3n) is 3.83. The van der Waals surface area contributed by atoms with Crippen LogP contribution in [-0.2, 0) is 4.74 Å². The first-order valence-electron chi connectivity index (χ1n) is 6.73. The quantitative estimate of drug-likeness (QED) is 0.761. The summed E-state index contributed by atoms with van der Waals surface area (Å²) in [5.74, 6) is 0. The monoisotopic (exact) mass is 256 g/mol. The maximum atomic E-state index is 12.1. The number of hydrogen-bond donors (Lipinski definition) is 0. The summed E-state index contributed by atoms with van der Waals surface area (Å²) in [5.41, 5.74) is -0.268. The molecule has 0 aromatic heterocycles. The molecule has 1 heterocycles. The molecule has 4 heteroatoms. The highest BCUT2D eigenvalue weighted by Gasteiger charge is 2.45. The van der Waals surface area contributed by atoms with Crippen molar-refractivity contribution in [2.75, 3.05) is 27.2 Å². The van der Waals surface area contributed by atoms with Gasteiger partial charge in [-0.1, -0.05) is 13.8 Å². The molecular weight excluding hydrogens is 228 g/mol. The second-order valence-electron chi connectivity index (χ2n) is 6.85. The highest BCUT2D eigenvalue weighted by Crippen LogP contribution is 2.36. The molecule has 0 bridgehead atoms. The minimum absolute atomic E-state index is 0.153. The standard InChI is InChI=1S/C14H28N2O2/c1-8-14(5)10-16(9-11(14)15(6)7)12(17)18-13(2,3)4/h11H,8-10H2,1-7H3/t11-,14+/m0/s1. The van der Waals surface area contributed by atoms with Crippen LogP contribution in [0.4, 0.5) is 4.79 Å². The second kappa shape index (κ2) is 5.08. The van der Waals surface area contributed by atoms with Crippen molar-refractivity contribution in [2.24, 2.45) is 5.41 Å². The number of rotatable bonds is 2. The van der Waals surface area contributed by atoms with Gasteiger partial charge in [0.15, 0.2) is 0 Å². The largest absolute Gasteiger partial charge is 0.444 e. The van der Waals surface area contributed by atoms with Crippen LogP contribution in [0.15, 0.2) is 0 Å². The van der Waals surface area contributed by atoms with E-state index in [2.05, 4.69) is 32.8 Å². The molecule has 1 amide bonds. The van der Waals surface area contributed by atoms with Gasteiger partial charge in [-0.25, -0.2) is 4.79 Å². The van der Waals surface area contributed by atoms with E-state index in [1.807, 2.05) is 25.7 Å². The van der Waals surface area contributed by atoms with Gasteiger partial charge in [-0.2, -0.15) is 0 Å². The van der Waals surface area contributed by atoms with Crippen LogP contribution in [0.1, 0.15) is 41.0 Å². The van der Waals surface area contributed by atoms with Crippen molar-refractivity contribution < 1.29 is 9.53 Å². The number of carbonyl (C=O) groups excluding carboxylic acids is 1. The molecule has 0 radical (unpaired) electrons. The normalized spacial score (nSPS) is 28.9. The smallest absolute Gasteiger partial charge is 0.410 e. The highest BCUT2D eigenvalue weighted by molar-refractivity contribution is 5.68. The zero-order valence-electron chi connectivity index (χ0n) is 12.9. The molecule has 1 saturated heterocycles. The molecule has 1 fully saturated rings. The summed E-state index contributed by atoms with van der Waals surface area (Å²) in [7, 11) is 4.16. The van der Waals surface area contributed by atoms with E-state index in [0.29, 0.717) is 6.04 Å². The molecule has 0 saturated carbocycles. The summed E-state index contributed by atoms with van der Waals surface area (Å²) < 4.78 is 5.46. The van der Waals surface area contributed by atoms with E-state index < -0.39 is 5.60 Å². The van der Waals surface area contributed by atoms with E-state index >= 15 is 0 Å². The fraction of sp³-hybridized carbons (Fsp3) is 0.929. The molecule has 0 unspecified atom stereocenters. The van der Waals surface area contributed by atoms with Crippen LogP contribution < -0.4 is 0 Å². The van der Waals surface area contributed by atoms with Gasteiger partial charge in [0.25, 0.3) is 0 Å². The average molecular weight is 256 g/mol. The summed E-state index contributed by atoms with van der Waals surface area (Å²) in [6.07, 6.45) is 0.876. The molecule has 1 aliphatic rings. The summed E-state index contributed by atoms with van der Waals surface area (Å²) in [5, 5.41) is 0. The van der Waals surface area contributed by atoms with Gasteiger partial charge < -0.3 is 14.5 Å². The van der Waals surface area contributed by atoms with Crippen LogP contribution in [0, 0.1) is 5.41 Å². The summed E-state index contributed by atoms with van der Waals surface area (Å²) in [6, 6.07) is 0.398. The number of hydrogen-bond acceptors (Lipinski definition) is 3. The number of carbonyl (C=O) groups is 1. The third-order valence-corrected chi connectivity index (χ3v) is 3.83. The van der Waals surface area contributed by atoms with E-state index in [4.69, 9.17) is 4.74 Å². The van der Waals surface area contributed by atoms with Gasteiger partial charge in [0.1, 0.15) is 5.60 Å². The maximum Gasteiger partial charge on any atom is 0.410 e. The Kier molecular flexibility index (Phi) is 4.31. The lowest BCUT2D eigenvalue weighted by Gasteiger charge is -2.33. The fourth-order valence-corrected chi connectivity index (χ4v) is 2.63. The lowest BCUT2D eigenvalue weighted by atomic mass is 9.82. The van der Waals surface area contributed by atoms with Crippen molar-refractivity contribution >= 4 is 6.09 Å². The van der Waals surface area contributed by atoms with Gasteiger partial charge in [0.2, 0.25) is 0 Å². The van der Waals surface area contributed by atoms with Gasteiger partial charge >= 0.3 is 6.09 Å². The zero-order valence-corrected chi connectivity index (χ0v) is 12.9. The van der Waals surface area contributed by atoms with Crippen LogP contribution >= 0.6 is 0 Å². The van der Waals surface area contributed by atoms with Gasteiger partial charge in [0.05, 0.1) is 0 Å². The van der Waals surface area contributed by atoms with Crippen LogP contribution in [0.3, 0.4) is 0 Å². The SMILES string of the molecule is CC[C@]1(C)CN(C(=O)OC(C)(C)C)C[C@@H]1N(C)C. The van der Waals surface area contributed by atoms with Crippen LogP contribution in [0.25, 0.3) is 0 Å². The maximum absolute atomic E-state index is 12.1. The number of ether oxygens (including phenoxy) is 1. The number of amides is 1. The van der Waals surface area contributed by atoms with Crippen molar-refractivity contribution in [3.05, 3.63) is 0 Å². The van der Waals surface area contributed by atoms with Gasteiger partial charge in [-0.05, 0) is 41.3 Å². The van der Waals surface area contributed by atoms with Crippen LogP contribution in [0.5, 0.6) is 0 Å². The van der Waals surface area contributed by atoms with Crippen molar-refractivity contribution in [3.8, 4) is 0 Å². The Morgan fingerprint density at radius 1 is 1.44 bits per heavy atom. The Labute approximate surface area is 111 Å². The molecule has 0 N–H and O–H groups in total. The molecular formula is C14H28N2O2. The first-order valence-corrected chi connectivity index (χ1v) is 6.73. The predicted molar refractivity (Wildman–Crippen MR) is 73.7 cm³/mol. The summed E-state index contributed by atoms with van der Waals surface area (Å²) in [6.45, 7) is 11.7. The molecule has 106 valence electrons. The Morgan fingerprint density at radius 3 is 2.33 bits per heavy atom. The molecule has 1 rings (SSSR count). The van der Waals surface area contributed by atoms with Gasteiger partial charge in [0, 0.05) is 24.5 Å². The zero-order chi connectivity index (χ0) is 14.1. The predicted octanol–water partition coefficient (Wildman–Crippen LogP) is 2.58. The topological polar surface area (TPSA) is 32.8 Å². The summed E-state index contributed by atoms with van der Waals surface area (Å²) >= 11 is 0. The van der Waals surface area contributed by atoms with Crippen molar-refractivity contribution in [1.82, 2.24) is 9.80 Å². The second-order valence-corrected chi connectivity index (χ2v) is 6.85. The molecule has 0 spiro atoms. The number of nitrogens with zero attached hydrogens (tertiary/aromatic N) is 2. The van der Waals surface area contributed by atoms with Crippen molar-refractivity contribution in [2.45, 2.75) is 52.7 Å². The van der Waals surface area contributed by atoms with Crippen molar-refractivity contribution in [1.29, 1.82) is 0 Å². The van der Waals surface area contributed by atoms with E-state index in [-0.39, 0.29) is 11.5 Å². The molecule has 0 aliphatic carbocycles. The molecule has 18 heavy (non-hydrogen) atoms. The Hall–Kier alpha value is -0.770. The minimum atomic E-state index is -0.421. The Balaban J connectivity index is 2.75.